The lowest BCUT2D eigenvalue weighted by atomic mass is 9.92. The Bertz CT molecular complexity index is 1590. The van der Waals surface area contributed by atoms with E-state index in [1.165, 1.54) is 36.4 Å². The number of allylic oxidation sites excluding steroid dienone is 1. The molecule has 8 nitrogen and oxygen atoms in total. The summed E-state index contributed by atoms with van der Waals surface area (Å²) >= 11 is 0. The topological polar surface area (TPSA) is 98.8 Å². The predicted molar refractivity (Wildman–Crippen MR) is 155 cm³/mol. The lowest BCUT2D eigenvalue weighted by Crippen LogP contribution is -2.43. The van der Waals surface area contributed by atoms with Gasteiger partial charge in [0.1, 0.15) is 5.82 Å². The third-order valence-corrected chi connectivity index (χ3v) is 10.1. The summed E-state index contributed by atoms with van der Waals surface area (Å²) < 4.78 is 39.7. The number of benzene rings is 2. The van der Waals surface area contributed by atoms with E-state index in [0.717, 1.165) is 50.3 Å². The molecule has 2 aromatic carbocycles. The van der Waals surface area contributed by atoms with Gasteiger partial charge in [0, 0.05) is 55.7 Å². The van der Waals surface area contributed by atoms with Crippen LogP contribution >= 0.6 is 0 Å². The van der Waals surface area contributed by atoms with E-state index in [2.05, 4.69) is 27.7 Å². The molecule has 214 valence electrons. The zero-order valence-corrected chi connectivity index (χ0v) is 23.7. The highest BCUT2D eigenvalue weighted by Crippen LogP contribution is 2.38. The molecule has 2 amide bonds. The van der Waals surface area contributed by atoms with Gasteiger partial charge in [0.05, 0.1) is 22.1 Å². The highest BCUT2D eigenvalue weighted by atomic mass is 32.2. The average molecular weight is 577 g/mol. The minimum absolute atomic E-state index is 0.0424. The van der Waals surface area contributed by atoms with Crippen LogP contribution in [0.25, 0.3) is 5.57 Å². The van der Waals surface area contributed by atoms with Crippen LogP contribution in [0.2, 0.25) is 0 Å². The van der Waals surface area contributed by atoms with Crippen molar-refractivity contribution in [2.24, 2.45) is 5.92 Å². The number of carbonyl (C=O) groups is 2. The van der Waals surface area contributed by atoms with E-state index >= 15 is 0 Å². The largest absolute Gasteiger partial charge is 0.381 e. The molecule has 2 atom stereocenters. The molecule has 6 rings (SSSR count). The second kappa shape index (κ2) is 10.9. The Hall–Kier alpha value is -3.76. The van der Waals surface area contributed by atoms with Crippen LogP contribution in [0.3, 0.4) is 0 Å². The van der Waals surface area contributed by atoms with Gasteiger partial charge in [-0.15, -0.1) is 0 Å². The molecule has 0 aromatic heterocycles. The van der Waals surface area contributed by atoms with E-state index in [4.69, 9.17) is 0 Å². The Morgan fingerprint density at radius 1 is 1.05 bits per heavy atom. The molecule has 4 heterocycles. The summed E-state index contributed by atoms with van der Waals surface area (Å²) in [4.78, 5) is 31.0. The van der Waals surface area contributed by atoms with Crippen LogP contribution in [0, 0.1) is 11.7 Å². The number of anilines is 1. The molecular formula is C31H33FN4O4S. The van der Waals surface area contributed by atoms with Crippen LogP contribution in [0.15, 0.2) is 76.9 Å². The van der Waals surface area contributed by atoms with Gasteiger partial charge in [0.15, 0.2) is 9.84 Å². The van der Waals surface area contributed by atoms with Gasteiger partial charge in [-0.3, -0.25) is 14.5 Å². The SMILES string of the molecule is CC1=C(/C=C2\C(=O)Nc3ccc(S(=O)(=O)Cc4ccc(F)cc4)cc32)NC2CCCN(CCN3CC=CC3)C(=O)C12. The molecule has 1 saturated heterocycles. The van der Waals surface area contributed by atoms with Crippen molar-refractivity contribution in [2.45, 2.75) is 36.5 Å². The molecule has 0 aliphatic carbocycles. The van der Waals surface area contributed by atoms with Crippen molar-refractivity contribution in [1.29, 1.82) is 0 Å². The van der Waals surface area contributed by atoms with E-state index in [0.29, 0.717) is 28.9 Å². The molecule has 41 heavy (non-hydrogen) atoms. The molecule has 10 heteroatoms. The number of carbonyl (C=O) groups excluding carboxylic acids is 2. The monoisotopic (exact) mass is 576 g/mol. The summed E-state index contributed by atoms with van der Waals surface area (Å²) in [5.41, 5.74) is 3.48. The van der Waals surface area contributed by atoms with E-state index in [1.807, 2.05) is 11.8 Å². The molecule has 0 bridgehead atoms. The van der Waals surface area contributed by atoms with Crippen LogP contribution in [0.4, 0.5) is 10.1 Å². The fraction of sp³-hybridized carbons (Fsp3) is 0.355. The van der Waals surface area contributed by atoms with E-state index in [-0.39, 0.29) is 34.4 Å². The van der Waals surface area contributed by atoms with Crippen LogP contribution in [-0.4, -0.2) is 68.8 Å². The molecule has 4 aliphatic rings. The van der Waals surface area contributed by atoms with Gasteiger partial charge in [-0.2, -0.15) is 0 Å². The van der Waals surface area contributed by atoms with Crippen molar-refractivity contribution in [1.82, 2.24) is 15.1 Å². The van der Waals surface area contributed by atoms with Crippen molar-refractivity contribution in [2.75, 3.05) is 38.0 Å². The van der Waals surface area contributed by atoms with Crippen LogP contribution < -0.4 is 10.6 Å². The third-order valence-electron chi connectivity index (χ3n) is 8.43. The molecular weight excluding hydrogens is 543 g/mol. The van der Waals surface area contributed by atoms with Crippen LogP contribution in [0.1, 0.15) is 30.9 Å². The molecule has 2 N–H and O–H groups in total. The number of halogens is 1. The first kappa shape index (κ1) is 27.4. The Morgan fingerprint density at radius 3 is 2.56 bits per heavy atom. The Morgan fingerprint density at radius 2 is 1.80 bits per heavy atom. The van der Waals surface area contributed by atoms with Gasteiger partial charge in [0.2, 0.25) is 5.91 Å². The lowest BCUT2D eigenvalue weighted by molar-refractivity contribution is -0.134. The van der Waals surface area contributed by atoms with E-state index in [1.54, 1.807) is 12.1 Å². The Kier molecular flexibility index (Phi) is 7.29. The maximum Gasteiger partial charge on any atom is 0.256 e. The molecule has 0 spiro atoms. The molecule has 0 radical (unpaired) electrons. The first-order valence-corrected chi connectivity index (χ1v) is 15.6. The second-order valence-electron chi connectivity index (χ2n) is 11.1. The number of hydrogen-bond donors (Lipinski definition) is 2. The molecule has 0 saturated carbocycles. The number of hydrogen-bond acceptors (Lipinski definition) is 6. The Labute approximate surface area is 239 Å². The zero-order chi connectivity index (χ0) is 28.7. The highest BCUT2D eigenvalue weighted by molar-refractivity contribution is 7.90. The Balaban J connectivity index is 1.25. The van der Waals surface area contributed by atoms with Gasteiger partial charge < -0.3 is 15.5 Å². The molecule has 2 aromatic rings. The van der Waals surface area contributed by atoms with Crippen LogP contribution in [0.5, 0.6) is 0 Å². The van der Waals surface area contributed by atoms with E-state index in [9.17, 15) is 22.4 Å². The number of nitrogens with one attached hydrogen (secondary N) is 2. The maximum absolute atomic E-state index is 13.6. The normalized spacial score (nSPS) is 23.6. The summed E-state index contributed by atoms with van der Waals surface area (Å²) in [6.07, 6.45) is 7.78. The molecule has 4 aliphatic heterocycles. The summed E-state index contributed by atoms with van der Waals surface area (Å²) in [6, 6.07) is 9.91. The van der Waals surface area contributed by atoms with Gasteiger partial charge in [0.25, 0.3) is 5.91 Å². The van der Waals surface area contributed by atoms with Gasteiger partial charge in [-0.1, -0.05) is 24.3 Å². The fourth-order valence-corrected chi connectivity index (χ4v) is 7.52. The minimum atomic E-state index is -3.75. The average Bonchev–Trinajstić information content (AvgIpc) is 3.62. The lowest BCUT2D eigenvalue weighted by Gasteiger charge is -2.27. The number of likely N-dealkylation sites (tertiary alicyclic amines) is 1. The number of fused-ring (bicyclic) bond motifs is 2. The van der Waals surface area contributed by atoms with Gasteiger partial charge >= 0.3 is 0 Å². The number of nitrogens with zero attached hydrogens (tertiary/aromatic N) is 2. The highest BCUT2D eigenvalue weighted by Gasteiger charge is 2.41. The zero-order valence-electron chi connectivity index (χ0n) is 22.9. The van der Waals surface area contributed by atoms with Gasteiger partial charge in [-0.25, -0.2) is 12.8 Å². The summed E-state index contributed by atoms with van der Waals surface area (Å²) in [7, 11) is -3.75. The summed E-state index contributed by atoms with van der Waals surface area (Å²) in [5, 5.41) is 6.32. The fourth-order valence-electron chi connectivity index (χ4n) is 6.15. The smallest absolute Gasteiger partial charge is 0.256 e. The minimum Gasteiger partial charge on any atom is -0.381 e. The number of amides is 2. The van der Waals surface area contributed by atoms with Crippen molar-refractivity contribution in [3.05, 3.63) is 88.9 Å². The molecule has 1 fully saturated rings. The van der Waals surface area contributed by atoms with Crippen LogP contribution in [-0.2, 0) is 25.2 Å². The number of rotatable bonds is 7. The maximum atomic E-state index is 13.6. The predicted octanol–water partition coefficient (Wildman–Crippen LogP) is 3.49. The van der Waals surface area contributed by atoms with Crippen molar-refractivity contribution >= 4 is 32.9 Å². The number of sulfone groups is 1. The second-order valence-corrected chi connectivity index (χ2v) is 13.1. The summed E-state index contributed by atoms with van der Waals surface area (Å²) in [5.74, 6) is -1.22. The van der Waals surface area contributed by atoms with Crippen molar-refractivity contribution < 1.29 is 22.4 Å². The quantitative estimate of drug-likeness (QED) is 0.387. The van der Waals surface area contributed by atoms with Crippen molar-refractivity contribution in [3.8, 4) is 0 Å². The van der Waals surface area contributed by atoms with E-state index < -0.39 is 15.7 Å². The van der Waals surface area contributed by atoms with Gasteiger partial charge in [-0.05, 0) is 67.3 Å². The molecule has 2 unspecified atom stereocenters. The summed E-state index contributed by atoms with van der Waals surface area (Å²) in [6.45, 7) is 6.05. The first-order valence-electron chi connectivity index (χ1n) is 14.0. The van der Waals surface area contributed by atoms with Crippen molar-refractivity contribution in [3.63, 3.8) is 0 Å². The third kappa shape index (κ3) is 5.46. The standard InChI is InChI=1S/C31H33FN4O4S/c1-20-28(33-27-5-4-14-36(31(38)29(20)27)16-15-35-12-2-3-13-35)18-25-24-17-23(10-11-26(24)34-30(25)37)41(39,40)19-21-6-8-22(32)9-7-21/h2-3,6-11,17-18,27,29,33H,4-5,12-16,19H2,1H3,(H,34,37)/b25-18-. The first-order chi connectivity index (χ1) is 19.7.